The first kappa shape index (κ1) is 15.3. The molecule has 1 aromatic rings. The largest absolute Gasteiger partial charge is 0.375 e. The number of nitrogen functional groups attached to an aromatic ring is 1. The van der Waals surface area contributed by atoms with Crippen molar-refractivity contribution in [3.63, 3.8) is 0 Å². The van der Waals surface area contributed by atoms with E-state index in [-0.39, 0.29) is 0 Å². The van der Waals surface area contributed by atoms with Crippen LogP contribution in [0, 0.1) is 11.8 Å². The highest BCUT2D eigenvalue weighted by atomic mass is 32.1. The molecule has 1 aromatic heterocycles. The summed E-state index contributed by atoms with van der Waals surface area (Å²) in [5.41, 5.74) is 5.73. The molecule has 21 heavy (non-hydrogen) atoms. The minimum absolute atomic E-state index is 0.695. The molecule has 4 nitrogen and oxygen atoms in total. The van der Waals surface area contributed by atoms with Gasteiger partial charge in [-0.1, -0.05) is 6.92 Å². The predicted octanol–water partition coefficient (Wildman–Crippen LogP) is 2.67. The number of likely N-dealkylation sites (tertiary alicyclic amines) is 2. The van der Waals surface area contributed by atoms with E-state index in [0.717, 1.165) is 18.4 Å². The van der Waals surface area contributed by atoms with Crippen LogP contribution in [0.2, 0.25) is 0 Å². The molecule has 0 spiro atoms. The molecule has 2 fully saturated rings. The van der Waals surface area contributed by atoms with Gasteiger partial charge in [0.1, 0.15) is 0 Å². The fourth-order valence-corrected chi connectivity index (χ4v) is 4.40. The van der Waals surface area contributed by atoms with E-state index in [1.165, 1.54) is 63.3 Å². The maximum absolute atomic E-state index is 5.73. The number of thiazole rings is 1. The Morgan fingerprint density at radius 3 is 2.76 bits per heavy atom. The summed E-state index contributed by atoms with van der Waals surface area (Å²) in [5, 5.41) is 0.695. The normalized spacial score (nSPS) is 26.2. The van der Waals surface area contributed by atoms with Gasteiger partial charge in [-0.05, 0) is 57.2 Å². The molecule has 3 heterocycles. The molecule has 118 valence electrons. The summed E-state index contributed by atoms with van der Waals surface area (Å²) in [5.74, 6) is 1.78. The van der Waals surface area contributed by atoms with Gasteiger partial charge in [-0.3, -0.25) is 4.90 Å². The molecule has 1 unspecified atom stereocenters. The van der Waals surface area contributed by atoms with Gasteiger partial charge in [0.15, 0.2) is 5.13 Å². The van der Waals surface area contributed by atoms with Crippen LogP contribution in [-0.2, 0) is 6.54 Å². The third-order valence-corrected chi connectivity index (χ3v) is 5.76. The molecule has 0 radical (unpaired) electrons. The van der Waals surface area contributed by atoms with Crippen LogP contribution < -0.4 is 5.73 Å². The quantitative estimate of drug-likeness (QED) is 0.929. The van der Waals surface area contributed by atoms with Gasteiger partial charge in [-0.2, -0.15) is 0 Å². The topological polar surface area (TPSA) is 45.4 Å². The number of nitrogens with zero attached hydrogens (tertiary/aromatic N) is 3. The first-order valence-electron chi connectivity index (χ1n) is 8.34. The van der Waals surface area contributed by atoms with Crippen LogP contribution in [0.5, 0.6) is 0 Å². The van der Waals surface area contributed by atoms with Crippen LogP contribution >= 0.6 is 11.3 Å². The molecule has 2 aliphatic heterocycles. The maximum atomic E-state index is 5.73. The Morgan fingerprint density at radius 2 is 2.05 bits per heavy atom. The summed E-state index contributed by atoms with van der Waals surface area (Å²) in [7, 11) is 0. The Labute approximate surface area is 132 Å². The Hall–Kier alpha value is -0.650. The lowest BCUT2D eigenvalue weighted by Crippen LogP contribution is -2.42. The van der Waals surface area contributed by atoms with Crippen LogP contribution in [0.3, 0.4) is 0 Å². The minimum atomic E-state index is 0.695. The highest BCUT2D eigenvalue weighted by Crippen LogP contribution is 2.24. The summed E-state index contributed by atoms with van der Waals surface area (Å²) in [4.78, 5) is 10.8. The number of anilines is 1. The minimum Gasteiger partial charge on any atom is -0.375 e. The zero-order chi connectivity index (χ0) is 14.7. The molecule has 2 N–H and O–H groups in total. The van der Waals surface area contributed by atoms with Gasteiger partial charge in [0.2, 0.25) is 0 Å². The summed E-state index contributed by atoms with van der Waals surface area (Å²) < 4.78 is 0. The number of piperidine rings is 2. The second-order valence-corrected chi connectivity index (χ2v) is 8.04. The second-order valence-electron chi connectivity index (χ2n) is 6.89. The van der Waals surface area contributed by atoms with E-state index in [4.69, 9.17) is 5.73 Å². The monoisotopic (exact) mass is 308 g/mol. The third-order valence-electron chi connectivity index (χ3n) is 4.95. The molecule has 2 saturated heterocycles. The van der Waals surface area contributed by atoms with Crippen LogP contribution in [0.15, 0.2) is 6.20 Å². The van der Waals surface area contributed by atoms with E-state index < -0.39 is 0 Å². The van der Waals surface area contributed by atoms with Crippen LogP contribution in [0.1, 0.15) is 37.5 Å². The van der Waals surface area contributed by atoms with Gasteiger partial charge >= 0.3 is 0 Å². The molecule has 0 bridgehead atoms. The lowest BCUT2D eigenvalue weighted by molar-refractivity contribution is 0.109. The molecule has 0 aliphatic carbocycles. The average molecular weight is 308 g/mol. The molecule has 3 rings (SSSR count). The van der Waals surface area contributed by atoms with E-state index in [1.807, 2.05) is 6.20 Å². The van der Waals surface area contributed by atoms with Crippen molar-refractivity contribution in [2.24, 2.45) is 11.8 Å². The summed E-state index contributed by atoms with van der Waals surface area (Å²) in [6.45, 7) is 9.80. The average Bonchev–Trinajstić information content (AvgIpc) is 2.87. The first-order valence-corrected chi connectivity index (χ1v) is 9.15. The molecule has 2 aliphatic rings. The van der Waals surface area contributed by atoms with Crippen molar-refractivity contribution in [1.82, 2.24) is 14.8 Å². The lowest BCUT2D eigenvalue weighted by Gasteiger charge is -2.37. The zero-order valence-corrected chi connectivity index (χ0v) is 13.9. The van der Waals surface area contributed by atoms with Crippen molar-refractivity contribution in [2.75, 3.05) is 38.5 Å². The van der Waals surface area contributed by atoms with Gasteiger partial charge in [-0.15, -0.1) is 11.3 Å². The van der Waals surface area contributed by atoms with Crippen LogP contribution in [0.25, 0.3) is 0 Å². The van der Waals surface area contributed by atoms with E-state index in [9.17, 15) is 0 Å². The van der Waals surface area contributed by atoms with Crippen molar-refractivity contribution in [3.8, 4) is 0 Å². The number of hydrogen-bond acceptors (Lipinski definition) is 5. The van der Waals surface area contributed by atoms with E-state index in [1.54, 1.807) is 11.3 Å². The van der Waals surface area contributed by atoms with Crippen LogP contribution in [0.4, 0.5) is 5.13 Å². The molecular weight excluding hydrogens is 280 g/mol. The van der Waals surface area contributed by atoms with E-state index >= 15 is 0 Å². The fraction of sp³-hybridized carbons (Fsp3) is 0.812. The van der Waals surface area contributed by atoms with Crippen molar-refractivity contribution >= 4 is 16.5 Å². The van der Waals surface area contributed by atoms with Crippen LogP contribution in [-0.4, -0.2) is 47.5 Å². The van der Waals surface area contributed by atoms with E-state index in [2.05, 4.69) is 21.7 Å². The highest BCUT2D eigenvalue weighted by molar-refractivity contribution is 7.15. The molecule has 0 amide bonds. The molecule has 1 atom stereocenters. The Bertz CT molecular complexity index is 439. The summed E-state index contributed by atoms with van der Waals surface area (Å²) in [6.07, 6.45) is 7.44. The van der Waals surface area contributed by atoms with E-state index in [0.29, 0.717) is 5.13 Å². The smallest absolute Gasteiger partial charge is 0.180 e. The van der Waals surface area contributed by atoms with Gasteiger partial charge in [-0.25, -0.2) is 4.98 Å². The number of hydrogen-bond donors (Lipinski definition) is 1. The van der Waals surface area contributed by atoms with Gasteiger partial charge in [0.25, 0.3) is 0 Å². The van der Waals surface area contributed by atoms with Gasteiger partial charge in [0, 0.05) is 30.7 Å². The molecular formula is C16H28N4S. The fourth-order valence-electron chi connectivity index (χ4n) is 3.67. The van der Waals surface area contributed by atoms with Gasteiger partial charge in [0.05, 0.1) is 0 Å². The van der Waals surface area contributed by atoms with Crippen molar-refractivity contribution in [2.45, 2.75) is 39.2 Å². The Morgan fingerprint density at radius 1 is 1.24 bits per heavy atom. The van der Waals surface area contributed by atoms with Crippen molar-refractivity contribution < 1.29 is 0 Å². The predicted molar refractivity (Wildman–Crippen MR) is 89.4 cm³/mol. The first-order chi connectivity index (χ1) is 10.2. The second kappa shape index (κ2) is 7.07. The van der Waals surface area contributed by atoms with Crippen molar-refractivity contribution in [1.29, 1.82) is 0 Å². The number of nitrogens with two attached hydrogens (primary N) is 1. The highest BCUT2D eigenvalue weighted by Gasteiger charge is 2.24. The number of aromatic nitrogens is 1. The SMILES string of the molecule is CC1CCN(CC2CCCN(Cc3cnc(N)s3)C2)CC1. The zero-order valence-electron chi connectivity index (χ0n) is 13.1. The molecule has 0 saturated carbocycles. The Kier molecular flexibility index (Phi) is 5.14. The number of rotatable bonds is 4. The molecule has 5 heteroatoms. The standard InChI is InChI=1S/C16H28N4S/c1-13-4-7-19(8-5-13)10-14-3-2-6-20(11-14)12-15-9-18-16(17)21-15/h9,13-14H,2-8,10-12H2,1H3,(H2,17,18). The Balaban J connectivity index is 1.46. The maximum Gasteiger partial charge on any atom is 0.180 e. The summed E-state index contributed by atoms with van der Waals surface area (Å²) >= 11 is 1.63. The molecule has 0 aromatic carbocycles. The lowest BCUT2D eigenvalue weighted by atomic mass is 9.94. The third kappa shape index (κ3) is 4.41. The van der Waals surface area contributed by atoms with Gasteiger partial charge < -0.3 is 10.6 Å². The van der Waals surface area contributed by atoms with Crippen molar-refractivity contribution in [3.05, 3.63) is 11.1 Å². The summed E-state index contributed by atoms with van der Waals surface area (Å²) in [6, 6.07) is 0.